The fraction of sp³-hybridized carbons (Fsp3) is 0.250. The van der Waals surface area contributed by atoms with Crippen LogP contribution in [-0.2, 0) is 13.0 Å². The van der Waals surface area contributed by atoms with E-state index in [2.05, 4.69) is 18.3 Å². The maximum Gasteiger partial charge on any atom is 0.0424 e. The van der Waals surface area contributed by atoms with E-state index in [-0.39, 0.29) is 0 Å². The first-order valence-electron chi connectivity index (χ1n) is 6.46. The molecule has 2 aromatic carbocycles. The van der Waals surface area contributed by atoms with Crippen LogP contribution in [0.5, 0.6) is 0 Å². The lowest BCUT2D eigenvalue weighted by atomic mass is 10.1. The van der Waals surface area contributed by atoms with Gasteiger partial charge in [-0.05, 0) is 54.8 Å². The van der Waals surface area contributed by atoms with Crippen molar-refractivity contribution in [3.8, 4) is 0 Å². The van der Waals surface area contributed by atoms with Crippen LogP contribution < -0.4 is 5.32 Å². The molecule has 106 valence electrons. The van der Waals surface area contributed by atoms with Gasteiger partial charge in [0, 0.05) is 27.7 Å². The van der Waals surface area contributed by atoms with Gasteiger partial charge in [0.2, 0.25) is 0 Å². The van der Waals surface area contributed by atoms with Gasteiger partial charge in [0.1, 0.15) is 0 Å². The predicted molar refractivity (Wildman–Crippen MR) is 87.9 cm³/mol. The molecule has 0 bridgehead atoms. The van der Waals surface area contributed by atoms with Crippen molar-refractivity contribution in [3.63, 3.8) is 0 Å². The summed E-state index contributed by atoms with van der Waals surface area (Å²) < 4.78 is 0. The van der Waals surface area contributed by atoms with Crippen molar-refractivity contribution in [1.82, 2.24) is 5.32 Å². The van der Waals surface area contributed by atoms with Crippen LogP contribution in [0.2, 0.25) is 15.1 Å². The van der Waals surface area contributed by atoms with E-state index in [1.54, 1.807) is 6.07 Å². The first-order chi connectivity index (χ1) is 9.52. The van der Waals surface area contributed by atoms with Gasteiger partial charge in [0.05, 0.1) is 0 Å². The SMILES string of the molecule is CC(Cc1cccc(Cl)c1)NCc1cc(Cl)cc(Cl)c1. The van der Waals surface area contributed by atoms with Crippen molar-refractivity contribution >= 4 is 34.8 Å². The molecule has 20 heavy (non-hydrogen) atoms. The van der Waals surface area contributed by atoms with Crippen LogP contribution in [0.4, 0.5) is 0 Å². The number of hydrogen-bond donors (Lipinski definition) is 1. The van der Waals surface area contributed by atoms with Gasteiger partial charge in [-0.2, -0.15) is 0 Å². The van der Waals surface area contributed by atoms with Gasteiger partial charge < -0.3 is 5.32 Å². The molecule has 0 heterocycles. The maximum atomic E-state index is 5.99. The van der Waals surface area contributed by atoms with E-state index in [1.165, 1.54) is 5.56 Å². The highest BCUT2D eigenvalue weighted by Crippen LogP contribution is 2.19. The Morgan fingerprint density at radius 2 is 1.55 bits per heavy atom. The van der Waals surface area contributed by atoms with Crippen molar-refractivity contribution in [2.45, 2.75) is 25.9 Å². The minimum atomic E-state index is 0.339. The Labute approximate surface area is 134 Å². The van der Waals surface area contributed by atoms with Gasteiger partial charge in [0.25, 0.3) is 0 Å². The molecule has 0 radical (unpaired) electrons. The highest BCUT2D eigenvalue weighted by Gasteiger charge is 2.05. The second-order valence-corrected chi connectivity index (χ2v) is 6.20. The van der Waals surface area contributed by atoms with Crippen LogP contribution in [-0.4, -0.2) is 6.04 Å². The summed E-state index contributed by atoms with van der Waals surface area (Å²) in [5.41, 5.74) is 2.31. The Hall–Kier alpha value is -0.730. The van der Waals surface area contributed by atoms with Gasteiger partial charge in [-0.15, -0.1) is 0 Å². The van der Waals surface area contributed by atoms with Crippen LogP contribution in [0.3, 0.4) is 0 Å². The summed E-state index contributed by atoms with van der Waals surface area (Å²) in [7, 11) is 0. The average Bonchev–Trinajstić information content (AvgIpc) is 2.35. The van der Waals surface area contributed by atoms with Gasteiger partial charge >= 0.3 is 0 Å². The smallest absolute Gasteiger partial charge is 0.0424 e. The Balaban J connectivity index is 1.90. The van der Waals surface area contributed by atoms with E-state index < -0.39 is 0 Å². The Bertz CT molecular complexity index is 563. The highest BCUT2D eigenvalue weighted by molar-refractivity contribution is 6.34. The van der Waals surface area contributed by atoms with Crippen LogP contribution >= 0.6 is 34.8 Å². The van der Waals surface area contributed by atoms with Crippen molar-refractivity contribution < 1.29 is 0 Å². The Kier molecular flexibility index (Phi) is 5.74. The summed E-state index contributed by atoms with van der Waals surface area (Å²) >= 11 is 18.0. The average molecular weight is 329 g/mol. The highest BCUT2D eigenvalue weighted by atomic mass is 35.5. The number of hydrogen-bond acceptors (Lipinski definition) is 1. The quantitative estimate of drug-likeness (QED) is 0.778. The van der Waals surface area contributed by atoms with Crippen LogP contribution in [0.25, 0.3) is 0 Å². The van der Waals surface area contributed by atoms with Crippen molar-refractivity contribution in [3.05, 3.63) is 68.7 Å². The minimum absolute atomic E-state index is 0.339. The lowest BCUT2D eigenvalue weighted by Gasteiger charge is -2.14. The number of benzene rings is 2. The van der Waals surface area contributed by atoms with Crippen LogP contribution in [0.1, 0.15) is 18.1 Å². The number of nitrogens with one attached hydrogen (secondary N) is 1. The maximum absolute atomic E-state index is 5.99. The molecule has 0 aromatic heterocycles. The molecule has 1 atom stereocenters. The lowest BCUT2D eigenvalue weighted by Crippen LogP contribution is -2.27. The van der Waals surface area contributed by atoms with Crippen molar-refractivity contribution in [1.29, 1.82) is 0 Å². The molecule has 2 aromatic rings. The molecule has 0 aliphatic heterocycles. The molecular weight excluding hydrogens is 313 g/mol. The second-order valence-electron chi connectivity index (χ2n) is 4.89. The van der Waals surface area contributed by atoms with Crippen LogP contribution in [0.15, 0.2) is 42.5 Å². The summed E-state index contributed by atoms with van der Waals surface area (Å²) in [5, 5.41) is 5.56. The molecule has 0 aliphatic carbocycles. The lowest BCUT2D eigenvalue weighted by molar-refractivity contribution is 0.545. The zero-order valence-electron chi connectivity index (χ0n) is 11.2. The monoisotopic (exact) mass is 327 g/mol. The zero-order chi connectivity index (χ0) is 14.5. The fourth-order valence-electron chi connectivity index (χ4n) is 2.09. The van der Waals surface area contributed by atoms with E-state index >= 15 is 0 Å². The molecule has 0 saturated carbocycles. The summed E-state index contributed by atoms with van der Waals surface area (Å²) in [6.07, 6.45) is 0.925. The summed E-state index contributed by atoms with van der Waals surface area (Å²) in [6, 6.07) is 13.9. The van der Waals surface area contributed by atoms with Crippen molar-refractivity contribution in [2.75, 3.05) is 0 Å². The molecule has 0 spiro atoms. The van der Waals surface area contributed by atoms with Gasteiger partial charge in [-0.25, -0.2) is 0 Å². The van der Waals surface area contributed by atoms with Gasteiger partial charge in [0.15, 0.2) is 0 Å². The molecule has 4 heteroatoms. The summed E-state index contributed by atoms with van der Waals surface area (Å²) in [5.74, 6) is 0. The fourth-order valence-corrected chi connectivity index (χ4v) is 2.88. The third kappa shape index (κ3) is 4.99. The van der Waals surface area contributed by atoms with Gasteiger partial charge in [-0.3, -0.25) is 0 Å². The summed E-state index contributed by atoms with van der Waals surface area (Å²) in [4.78, 5) is 0. The molecule has 0 saturated heterocycles. The molecule has 1 N–H and O–H groups in total. The standard InChI is InChI=1S/C16H16Cl3N/c1-11(5-12-3-2-4-14(17)6-12)20-10-13-7-15(18)9-16(19)8-13/h2-4,6-9,11,20H,5,10H2,1H3. The molecule has 0 fully saturated rings. The first-order valence-corrected chi connectivity index (χ1v) is 7.59. The third-order valence-corrected chi connectivity index (χ3v) is 3.68. The molecular formula is C16H16Cl3N. The van der Waals surface area contributed by atoms with Crippen molar-refractivity contribution in [2.24, 2.45) is 0 Å². The van der Waals surface area contributed by atoms with E-state index in [9.17, 15) is 0 Å². The molecule has 2 rings (SSSR count). The Morgan fingerprint density at radius 3 is 2.20 bits per heavy atom. The van der Waals surface area contributed by atoms with E-state index in [4.69, 9.17) is 34.8 Å². The normalized spacial score (nSPS) is 12.4. The predicted octanol–water partition coefficient (Wildman–Crippen LogP) is 5.37. The first kappa shape index (κ1) is 15.7. The van der Waals surface area contributed by atoms with Crippen LogP contribution in [0, 0.1) is 0 Å². The number of halogens is 3. The topological polar surface area (TPSA) is 12.0 Å². The van der Waals surface area contributed by atoms with E-state index in [0.717, 1.165) is 23.6 Å². The molecule has 0 amide bonds. The third-order valence-electron chi connectivity index (χ3n) is 3.01. The summed E-state index contributed by atoms with van der Waals surface area (Å²) in [6.45, 7) is 2.88. The molecule has 1 unspecified atom stereocenters. The number of rotatable bonds is 5. The molecule has 1 nitrogen and oxygen atoms in total. The minimum Gasteiger partial charge on any atom is -0.310 e. The van der Waals surface area contributed by atoms with E-state index in [0.29, 0.717) is 16.1 Å². The van der Waals surface area contributed by atoms with Gasteiger partial charge in [-0.1, -0.05) is 46.9 Å². The Morgan fingerprint density at radius 1 is 0.900 bits per heavy atom. The second kappa shape index (κ2) is 7.33. The molecule has 0 aliphatic rings. The zero-order valence-corrected chi connectivity index (χ0v) is 13.4. The van der Waals surface area contributed by atoms with E-state index in [1.807, 2.05) is 30.3 Å². The largest absolute Gasteiger partial charge is 0.310 e.